The van der Waals surface area contributed by atoms with Crippen molar-refractivity contribution in [3.8, 4) is 0 Å². The summed E-state index contributed by atoms with van der Waals surface area (Å²) < 4.78 is 5.17. The largest absolute Gasteiger partial charge is 0.369 e. The molecule has 0 saturated heterocycles. The molecular formula is C13H16ClNO3. The number of carbonyl (C=O) groups excluding carboxylic acids is 2. The van der Waals surface area contributed by atoms with E-state index in [2.05, 4.69) is 5.32 Å². The molecule has 1 atom stereocenters. The Morgan fingerprint density at radius 3 is 2.61 bits per heavy atom. The van der Waals surface area contributed by atoms with Crippen LogP contribution < -0.4 is 5.32 Å². The van der Waals surface area contributed by atoms with Gasteiger partial charge < -0.3 is 10.1 Å². The van der Waals surface area contributed by atoms with E-state index in [1.54, 1.807) is 25.1 Å². The lowest BCUT2D eigenvalue weighted by Crippen LogP contribution is -2.27. The number of rotatable bonds is 5. The molecule has 0 spiro atoms. The maximum absolute atomic E-state index is 11.7. The zero-order valence-electron chi connectivity index (χ0n) is 10.6. The maximum atomic E-state index is 11.7. The molecule has 1 aromatic carbocycles. The van der Waals surface area contributed by atoms with Crippen molar-refractivity contribution in [3.63, 3.8) is 0 Å². The van der Waals surface area contributed by atoms with E-state index < -0.39 is 6.10 Å². The molecule has 1 rings (SSSR count). The van der Waals surface area contributed by atoms with E-state index in [4.69, 9.17) is 16.3 Å². The number of benzene rings is 1. The molecular weight excluding hydrogens is 254 g/mol. The van der Waals surface area contributed by atoms with Crippen molar-refractivity contribution in [1.82, 2.24) is 0 Å². The topological polar surface area (TPSA) is 55.4 Å². The van der Waals surface area contributed by atoms with Crippen molar-refractivity contribution in [2.24, 2.45) is 0 Å². The smallest absolute Gasteiger partial charge is 0.253 e. The van der Waals surface area contributed by atoms with Crippen LogP contribution in [-0.4, -0.2) is 24.4 Å². The minimum absolute atomic E-state index is 0.111. The zero-order chi connectivity index (χ0) is 13.7. The number of amides is 1. The van der Waals surface area contributed by atoms with E-state index in [1.807, 2.05) is 6.92 Å². The van der Waals surface area contributed by atoms with Crippen LogP contribution in [-0.2, 0) is 9.53 Å². The second-order valence-corrected chi connectivity index (χ2v) is 4.24. The Labute approximate surface area is 111 Å². The maximum Gasteiger partial charge on any atom is 0.253 e. The first-order valence-electron chi connectivity index (χ1n) is 5.68. The van der Waals surface area contributed by atoms with Crippen molar-refractivity contribution >= 4 is 29.0 Å². The number of halogens is 1. The lowest BCUT2D eigenvalue weighted by atomic mass is 10.1. The van der Waals surface area contributed by atoms with E-state index in [9.17, 15) is 9.59 Å². The van der Waals surface area contributed by atoms with Crippen LogP contribution in [0, 0.1) is 0 Å². The summed E-state index contributed by atoms with van der Waals surface area (Å²) in [5.74, 6) is -0.357. The monoisotopic (exact) mass is 269 g/mol. The van der Waals surface area contributed by atoms with Crippen LogP contribution in [0.25, 0.3) is 0 Å². The second kappa shape index (κ2) is 6.52. The van der Waals surface area contributed by atoms with Crippen LogP contribution in [0.3, 0.4) is 0 Å². The molecule has 98 valence electrons. The Hall–Kier alpha value is -1.39. The van der Waals surface area contributed by atoms with Crippen LogP contribution in [0.4, 0.5) is 5.69 Å². The van der Waals surface area contributed by atoms with Crippen LogP contribution in [0.1, 0.15) is 31.1 Å². The number of ketones is 1. The Morgan fingerprint density at radius 1 is 1.44 bits per heavy atom. The minimum atomic E-state index is -0.527. The van der Waals surface area contributed by atoms with Gasteiger partial charge in [0.1, 0.15) is 6.10 Å². The first kappa shape index (κ1) is 14.7. The highest BCUT2D eigenvalue weighted by Gasteiger charge is 2.13. The molecule has 0 heterocycles. The van der Waals surface area contributed by atoms with Crippen LogP contribution in [0.2, 0.25) is 5.02 Å². The van der Waals surface area contributed by atoms with Crippen LogP contribution in [0.15, 0.2) is 18.2 Å². The molecule has 0 aliphatic carbocycles. The third-order valence-electron chi connectivity index (χ3n) is 2.40. The fraction of sp³-hybridized carbons (Fsp3) is 0.385. The molecule has 0 radical (unpaired) electrons. The first-order valence-corrected chi connectivity index (χ1v) is 6.06. The summed E-state index contributed by atoms with van der Waals surface area (Å²) in [4.78, 5) is 22.9. The van der Waals surface area contributed by atoms with Crippen molar-refractivity contribution in [2.75, 3.05) is 11.9 Å². The average Bonchev–Trinajstić information content (AvgIpc) is 2.28. The van der Waals surface area contributed by atoms with Gasteiger partial charge in [-0.1, -0.05) is 11.6 Å². The molecule has 1 amide bonds. The molecule has 0 aliphatic rings. The molecule has 1 aromatic rings. The van der Waals surface area contributed by atoms with Gasteiger partial charge in [-0.05, 0) is 39.0 Å². The van der Waals surface area contributed by atoms with E-state index in [0.717, 1.165) is 0 Å². The second-order valence-electron chi connectivity index (χ2n) is 3.84. The molecule has 0 bridgehead atoms. The van der Waals surface area contributed by atoms with Gasteiger partial charge in [-0.2, -0.15) is 0 Å². The van der Waals surface area contributed by atoms with Crippen molar-refractivity contribution in [1.29, 1.82) is 0 Å². The average molecular weight is 270 g/mol. The molecule has 0 saturated carbocycles. The molecule has 0 fully saturated rings. The summed E-state index contributed by atoms with van der Waals surface area (Å²) in [5.41, 5.74) is 0.981. The highest BCUT2D eigenvalue weighted by molar-refractivity contribution is 6.34. The molecule has 0 aromatic heterocycles. The highest BCUT2D eigenvalue weighted by atomic mass is 35.5. The Bertz CT molecular complexity index is 460. The van der Waals surface area contributed by atoms with Gasteiger partial charge in [0.15, 0.2) is 5.78 Å². The van der Waals surface area contributed by atoms with Gasteiger partial charge >= 0.3 is 0 Å². The van der Waals surface area contributed by atoms with E-state index >= 15 is 0 Å². The van der Waals surface area contributed by atoms with Crippen molar-refractivity contribution in [2.45, 2.75) is 26.9 Å². The van der Waals surface area contributed by atoms with Gasteiger partial charge in [0.2, 0.25) is 0 Å². The van der Waals surface area contributed by atoms with Gasteiger partial charge in [0.05, 0.1) is 5.02 Å². The normalized spacial score (nSPS) is 12.0. The fourth-order valence-electron chi connectivity index (χ4n) is 1.45. The summed E-state index contributed by atoms with van der Waals surface area (Å²) in [6, 6.07) is 4.78. The van der Waals surface area contributed by atoms with Gasteiger partial charge in [-0.3, -0.25) is 9.59 Å². The zero-order valence-corrected chi connectivity index (χ0v) is 11.4. The molecule has 4 nitrogen and oxygen atoms in total. The molecule has 18 heavy (non-hydrogen) atoms. The molecule has 0 aliphatic heterocycles. The Balaban J connectivity index is 2.77. The van der Waals surface area contributed by atoms with E-state index in [0.29, 0.717) is 22.9 Å². The summed E-state index contributed by atoms with van der Waals surface area (Å²) in [7, 11) is 0. The number of hydrogen-bond acceptors (Lipinski definition) is 3. The number of hydrogen-bond donors (Lipinski definition) is 1. The van der Waals surface area contributed by atoms with Crippen LogP contribution in [0.5, 0.6) is 0 Å². The summed E-state index contributed by atoms with van der Waals surface area (Å²) in [5, 5.41) is 3.00. The SMILES string of the molecule is CCOC(C)C(=O)Nc1ccc(C(C)=O)c(Cl)c1. The summed E-state index contributed by atoms with van der Waals surface area (Å²) >= 11 is 5.95. The predicted molar refractivity (Wildman–Crippen MR) is 71.2 cm³/mol. The number of ether oxygens (including phenoxy) is 1. The van der Waals surface area contributed by atoms with Crippen LogP contribution >= 0.6 is 11.6 Å². The molecule has 1 unspecified atom stereocenters. The molecule has 5 heteroatoms. The Morgan fingerprint density at radius 2 is 2.11 bits per heavy atom. The van der Waals surface area contributed by atoms with Crippen molar-refractivity contribution in [3.05, 3.63) is 28.8 Å². The predicted octanol–water partition coefficient (Wildman–Crippen LogP) is 2.91. The molecule has 1 N–H and O–H groups in total. The lowest BCUT2D eigenvalue weighted by Gasteiger charge is -2.12. The Kier molecular flexibility index (Phi) is 5.31. The van der Waals surface area contributed by atoms with E-state index in [-0.39, 0.29) is 11.7 Å². The number of carbonyl (C=O) groups is 2. The highest BCUT2D eigenvalue weighted by Crippen LogP contribution is 2.21. The lowest BCUT2D eigenvalue weighted by molar-refractivity contribution is -0.126. The van der Waals surface area contributed by atoms with Gasteiger partial charge in [-0.15, -0.1) is 0 Å². The van der Waals surface area contributed by atoms with Crippen molar-refractivity contribution < 1.29 is 14.3 Å². The summed E-state index contributed by atoms with van der Waals surface area (Å²) in [6.07, 6.45) is -0.527. The first-order chi connectivity index (χ1) is 8.45. The minimum Gasteiger partial charge on any atom is -0.369 e. The van der Waals surface area contributed by atoms with Gasteiger partial charge in [0, 0.05) is 17.9 Å². The van der Waals surface area contributed by atoms with Gasteiger partial charge in [0.25, 0.3) is 5.91 Å². The van der Waals surface area contributed by atoms with E-state index in [1.165, 1.54) is 6.92 Å². The quantitative estimate of drug-likeness (QED) is 0.836. The summed E-state index contributed by atoms with van der Waals surface area (Å²) in [6.45, 7) is 5.40. The van der Waals surface area contributed by atoms with Gasteiger partial charge in [-0.25, -0.2) is 0 Å². The fourth-order valence-corrected chi connectivity index (χ4v) is 1.76. The third-order valence-corrected chi connectivity index (χ3v) is 2.71. The number of Topliss-reactive ketones (excluding diaryl/α,β-unsaturated/α-hetero) is 1. The number of anilines is 1. The standard InChI is InChI=1S/C13H16ClNO3/c1-4-18-9(3)13(17)15-10-5-6-11(8(2)16)12(14)7-10/h5-7,9H,4H2,1-3H3,(H,15,17). The number of nitrogens with one attached hydrogen (secondary N) is 1. The third kappa shape index (κ3) is 3.82.